The molecule has 2 aromatic heterocycles. The minimum Gasteiger partial charge on any atom is -0.508 e. The summed E-state index contributed by atoms with van der Waals surface area (Å²) in [6.07, 6.45) is 1.32. The van der Waals surface area contributed by atoms with Gasteiger partial charge in [-0.25, -0.2) is 0 Å². The molecular weight excluding hydrogens is 334 g/mol. The SMILES string of the molecule is Cc1oc2c(c1C(=O)Cc1ccccc1O)C(=O)c1cccnc1C2=O. The summed E-state index contributed by atoms with van der Waals surface area (Å²) in [5.41, 5.74) is 0.675. The van der Waals surface area contributed by atoms with Crippen LogP contribution in [-0.2, 0) is 6.42 Å². The van der Waals surface area contributed by atoms with E-state index in [0.717, 1.165) is 0 Å². The molecule has 1 N–H and O–H groups in total. The van der Waals surface area contributed by atoms with Gasteiger partial charge in [0.15, 0.2) is 17.3 Å². The molecule has 1 aliphatic carbocycles. The first kappa shape index (κ1) is 16.0. The topological polar surface area (TPSA) is 97.5 Å². The molecule has 1 aromatic carbocycles. The van der Waals surface area contributed by atoms with Gasteiger partial charge in [0.2, 0.25) is 5.78 Å². The van der Waals surface area contributed by atoms with Gasteiger partial charge < -0.3 is 9.52 Å². The van der Waals surface area contributed by atoms with Gasteiger partial charge in [0.1, 0.15) is 17.2 Å². The first-order valence-corrected chi connectivity index (χ1v) is 7.97. The molecule has 1 aliphatic rings. The zero-order valence-electron chi connectivity index (χ0n) is 13.8. The molecule has 0 unspecified atom stereocenters. The summed E-state index contributed by atoms with van der Waals surface area (Å²) in [7, 11) is 0. The van der Waals surface area contributed by atoms with E-state index in [0.29, 0.717) is 5.56 Å². The van der Waals surface area contributed by atoms with Crippen molar-refractivity contribution in [2.45, 2.75) is 13.3 Å². The minimum atomic E-state index is -0.514. The monoisotopic (exact) mass is 347 g/mol. The number of hydrogen-bond donors (Lipinski definition) is 1. The molecule has 0 saturated carbocycles. The van der Waals surface area contributed by atoms with E-state index in [-0.39, 0.29) is 46.1 Å². The van der Waals surface area contributed by atoms with Crippen molar-refractivity contribution in [3.8, 4) is 5.75 Å². The van der Waals surface area contributed by atoms with Gasteiger partial charge in [-0.15, -0.1) is 0 Å². The Labute approximate surface area is 148 Å². The van der Waals surface area contributed by atoms with Crippen molar-refractivity contribution in [1.29, 1.82) is 0 Å². The summed E-state index contributed by atoms with van der Waals surface area (Å²) in [4.78, 5) is 42.3. The molecule has 0 spiro atoms. The number of carbonyl (C=O) groups is 3. The predicted octanol–water partition coefficient (Wildman–Crippen LogP) is 2.89. The van der Waals surface area contributed by atoms with Crippen LogP contribution in [0.1, 0.15) is 53.9 Å². The summed E-state index contributed by atoms with van der Waals surface area (Å²) in [6, 6.07) is 9.53. The van der Waals surface area contributed by atoms with Crippen LogP contribution in [0.5, 0.6) is 5.75 Å². The van der Waals surface area contributed by atoms with E-state index in [1.807, 2.05) is 0 Å². The molecule has 6 nitrogen and oxygen atoms in total. The fourth-order valence-electron chi connectivity index (χ4n) is 3.19. The molecule has 4 rings (SSSR count). The Hall–Kier alpha value is -3.54. The zero-order valence-corrected chi connectivity index (χ0v) is 13.8. The molecule has 0 fully saturated rings. The van der Waals surface area contributed by atoms with Crippen LogP contribution in [0.3, 0.4) is 0 Å². The second-order valence-corrected chi connectivity index (χ2v) is 6.02. The van der Waals surface area contributed by atoms with E-state index < -0.39 is 17.3 Å². The molecule has 0 amide bonds. The van der Waals surface area contributed by atoms with Crippen molar-refractivity contribution in [3.63, 3.8) is 0 Å². The minimum absolute atomic E-state index is 0.00665. The molecule has 0 radical (unpaired) electrons. The van der Waals surface area contributed by atoms with Gasteiger partial charge in [0.25, 0.3) is 0 Å². The molecule has 26 heavy (non-hydrogen) atoms. The van der Waals surface area contributed by atoms with E-state index in [4.69, 9.17) is 4.42 Å². The molecule has 128 valence electrons. The number of phenolic OH excluding ortho intramolecular Hbond substituents is 1. The summed E-state index contributed by atoms with van der Waals surface area (Å²) in [5.74, 6) is -1.33. The Bertz CT molecular complexity index is 1090. The van der Waals surface area contributed by atoms with Crippen LogP contribution in [-0.4, -0.2) is 27.4 Å². The van der Waals surface area contributed by atoms with Crippen molar-refractivity contribution in [3.05, 3.63) is 82.1 Å². The Kier molecular flexibility index (Phi) is 3.54. The number of carbonyl (C=O) groups excluding carboxylic acids is 3. The lowest BCUT2D eigenvalue weighted by Gasteiger charge is -2.12. The van der Waals surface area contributed by atoms with Crippen molar-refractivity contribution in [2.75, 3.05) is 0 Å². The summed E-state index contributed by atoms with van der Waals surface area (Å²) >= 11 is 0. The molecule has 0 saturated heterocycles. The lowest BCUT2D eigenvalue weighted by molar-refractivity contribution is 0.0951. The first-order chi connectivity index (χ1) is 12.5. The number of rotatable bonds is 3. The zero-order chi connectivity index (χ0) is 18.4. The molecule has 3 aromatic rings. The number of nitrogens with zero attached hydrogens (tertiary/aromatic N) is 1. The second-order valence-electron chi connectivity index (χ2n) is 6.02. The number of Topliss-reactive ketones (excluding diaryl/α,β-unsaturated/α-hetero) is 1. The number of aromatic nitrogens is 1. The number of aromatic hydroxyl groups is 1. The first-order valence-electron chi connectivity index (χ1n) is 7.97. The normalized spacial score (nSPS) is 12.7. The number of aryl methyl sites for hydroxylation is 1. The van der Waals surface area contributed by atoms with Crippen molar-refractivity contribution >= 4 is 17.3 Å². The van der Waals surface area contributed by atoms with Gasteiger partial charge in [0.05, 0.1) is 16.7 Å². The average Bonchev–Trinajstić information content (AvgIpc) is 2.99. The van der Waals surface area contributed by atoms with Crippen molar-refractivity contribution in [1.82, 2.24) is 4.98 Å². The van der Waals surface area contributed by atoms with Gasteiger partial charge in [-0.05, 0) is 25.1 Å². The summed E-state index contributed by atoms with van der Waals surface area (Å²) in [6.45, 7) is 1.54. The Morgan fingerprint density at radius 3 is 2.65 bits per heavy atom. The van der Waals surface area contributed by atoms with Gasteiger partial charge in [-0.2, -0.15) is 0 Å². The molecule has 2 heterocycles. The van der Waals surface area contributed by atoms with Crippen LogP contribution >= 0.6 is 0 Å². The third-order valence-electron chi connectivity index (χ3n) is 4.41. The van der Waals surface area contributed by atoms with Gasteiger partial charge in [0, 0.05) is 18.2 Å². The van der Waals surface area contributed by atoms with Gasteiger partial charge >= 0.3 is 0 Å². The Morgan fingerprint density at radius 2 is 1.88 bits per heavy atom. The second kappa shape index (κ2) is 5.77. The smallest absolute Gasteiger partial charge is 0.248 e. The standard InChI is InChI=1S/C20H13NO5/c1-10-15(14(23)9-11-5-2-3-7-13(11)22)16-18(24)12-6-4-8-21-17(12)19(25)20(16)26-10/h2-8,22H,9H2,1H3. The van der Waals surface area contributed by atoms with E-state index in [2.05, 4.69) is 4.98 Å². The molecule has 6 heteroatoms. The molecule has 0 bridgehead atoms. The maximum Gasteiger partial charge on any atom is 0.248 e. The molecule has 0 atom stereocenters. The lowest BCUT2D eigenvalue weighted by Crippen LogP contribution is -2.23. The maximum atomic E-state index is 12.9. The van der Waals surface area contributed by atoms with E-state index in [1.54, 1.807) is 24.3 Å². The summed E-state index contributed by atoms with van der Waals surface area (Å²) < 4.78 is 5.47. The third kappa shape index (κ3) is 2.27. The van der Waals surface area contributed by atoms with Crippen molar-refractivity contribution in [2.24, 2.45) is 0 Å². The van der Waals surface area contributed by atoms with Crippen LogP contribution < -0.4 is 0 Å². The Balaban J connectivity index is 1.82. The number of hydrogen-bond acceptors (Lipinski definition) is 6. The molecule has 0 aliphatic heterocycles. The predicted molar refractivity (Wildman–Crippen MR) is 90.7 cm³/mol. The van der Waals surface area contributed by atoms with E-state index >= 15 is 0 Å². The van der Waals surface area contributed by atoms with Crippen molar-refractivity contribution < 1.29 is 23.9 Å². The highest BCUT2D eigenvalue weighted by Crippen LogP contribution is 2.33. The summed E-state index contributed by atoms with van der Waals surface area (Å²) in [5, 5.41) is 9.88. The van der Waals surface area contributed by atoms with Crippen LogP contribution in [0, 0.1) is 6.92 Å². The largest absolute Gasteiger partial charge is 0.508 e. The van der Waals surface area contributed by atoms with E-state index in [1.165, 1.54) is 25.3 Å². The maximum absolute atomic E-state index is 12.9. The number of para-hydroxylation sites is 1. The quantitative estimate of drug-likeness (QED) is 0.572. The third-order valence-corrected chi connectivity index (χ3v) is 4.41. The van der Waals surface area contributed by atoms with E-state index in [9.17, 15) is 19.5 Å². The molecular formula is C20H13NO5. The Morgan fingerprint density at radius 1 is 1.12 bits per heavy atom. The highest BCUT2D eigenvalue weighted by molar-refractivity contribution is 6.29. The highest BCUT2D eigenvalue weighted by Gasteiger charge is 2.39. The van der Waals surface area contributed by atoms with Crippen LogP contribution in [0.2, 0.25) is 0 Å². The van der Waals surface area contributed by atoms with Crippen LogP contribution in [0.25, 0.3) is 0 Å². The van der Waals surface area contributed by atoms with Crippen LogP contribution in [0.15, 0.2) is 47.0 Å². The number of fused-ring (bicyclic) bond motifs is 2. The fraction of sp³-hybridized carbons (Fsp3) is 0.100. The fourth-order valence-corrected chi connectivity index (χ4v) is 3.19. The number of furan rings is 1. The number of pyridine rings is 1. The average molecular weight is 347 g/mol. The van der Waals surface area contributed by atoms with Gasteiger partial charge in [-0.3, -0.25) is 19.4 Å². The lowest BCUT2D eigenvalue weighted by atomic mass is 9.87. The number of ketones is 3. The van der Waals surface area contributed by atoms with Gasteiger partial charge in [-0.1, -0.05) is 18.2 Å². The number of phenols is 1. The number of benzene rings is 1. The highest BCUT2D eigenvalue weighted by atomic mass is 16.4. The van der Waals surface area contributed by atoms with Crippen LogP contribution in [0.4, 0.5) is 0 Å².